The third-order valence-corrected chi connectivity index (χ3v) is 2.74. The fourth-order valence-corrected chi connectivity index (χ4v) is 1.96. The molecule has 0 fully saturated rings. The van der Waals surface area contributed by atoms with Crippen LogP contribution in [0.2, 0.25) is 0 Å². The summed E-state index contributed by atoms with van der Waals surface area (Å²) in [5.74, 6) is -1.03. The predicted octanol–water partition coefficient (Wildman–Crippen LogP) is 2.02. The van der Waals surface area contributed by atoms with E-state index in [1.807, 2.05) is 0 Å². The summed E-state index contributed by atoms with van der Waals surface area (Å²) < 4.78 is 0.749. The van der Waals surface area contributed by atoms with Gasteiger partial charge in [-0.3, -0.25) is 9.59 Å². The molecule has 0 unspecified atom stereocenters. The highest BCUT2D eigenvalue weighted by Gasteiger charge is 2.06. The number of carboxylic acid groups (broad SMARTS) is 1. The van der Waals surface area contributed by atoms with Gasteiger partial charge in [0.1, 0.15) is 0 Å². The second-order valence-corrected chi connectivity index (χ2v) is 4.80. The van der Waals surface area contributed by atoms with Crippen LogP contribution in [0.15, 0.2) is 22.7 Å². The first-order valence-electron chi connectivity index (χ1n) is 5.55. The number of carbonyl (C=O) groups excluding carboxylic acids is 1. The van der Waals surface area contributed by atoms with Crippen molar-refractivity contribution in [2.45, 2.75) is 19.3 Å². The zero-order valence-corrected chi connectivity index (χ0v) is 11.4. The molecule has 18 heavy (non-hydrogen) atoms. The normalized spacial score (nSPS) is 10.1. The fraction of sp³-hybridized carbons (Fsp3) is 0.333. The van der Waals surface area contributed by atoms with Crippen LogP contribution < -0.4 is 11.1 Å². The van der Waals surface area contributed by atoms with Gasteiger partial charge >= 0.3 is 5.97 Å². The van der Waals surface area contributed by atoms with Gasteiger partial charge in [-0.15, -0.1) is 0 Å². The van der Waals surface area contributed by atoms with Gasteiger partial charge in [0.25, 0.3) is 5.91 Å². The molecule has 0 spiro atoms. The van der Waals surface area contributed by atoms with Gasteiger partial charge in [0.05, 0.1) is 0 Å². The highest BCUT2D eigenvalue weighted by atomic mass is 79.9. The van der Waals surface area contributed by atoms with Crippen LogP contribution in [0.5, 0.6) is 0 Å². The Morgan fingerprint density at radius 3 is 2.61 bits per heavy atom. The number of nitrogens with one attached hydrogen (secondary N) is 1. The Balaban J connectivity index is 2.38. The van der Waals surface area contributed by atoms with E-state index in [4.69, 9.17) is 10.8 Å². The van der Waals surface area contributed by atoms with Crippen molar-refractivity contribution in [1.29, 1.82) is 0 Å². The molecular weight excluding hydrogens is 300 g/mol. The first-order valence-corrected chi connectivity index (χ1v) is 6.34. The Labute approximate surface area is 113 Å². The summed E-state index contributed by atoms with van der Waals surface area (Å²) >= 11 is 3.26. The summed E-state index contributed by atoms with van der Waals surface area (Å²) in [4.78, 5) is 22.0. The summed E-state index contributed by atoms with van der Waals surface area (Å²) in [6.07, 6.45) is 1.32. The van der Waals surface area contributed by atoms with Crippen molar-refractivity contribution in [2.24, 2.45) is 0 Å². The molecule has 0 aromatic heterocycles. The van der Waals surface area contributed by atoms with Gasteiger partial charge in [-0.25, -0.2) is 0 Å². The molecule has 0 bridgehead atoms. The molecule has 0 saturated heterocycles. The average Bonchev–Trinajstić information content (AvgIpc) is 2.26. The van der Waals surface area contributed by atoms with Gasteiger partial charge in [-0.1, -0.05) is 15.9 Å². The number of rotatable bonds is 6. The smallest absolute Gasteiger partial charge is 0.303 e. The molecule has 6 heteroatoms. The van der Waals surface area contributed by atoms with E-state index >= 15 is 0 Å². The molecule has 0 radical (unpaired) electrons. The highest BCUT2D eigenvalue weighted by Crippen LogP contribution is 2.17. The third-order valence-electron chi connectivity index (χ3n) is 2.29. The molecule has 1 aromatic rings. The van der Waals surface area contributed by atoms with Crippen molar-refractivity contribution < 1.29 is 14.7 Å². The molecule has 1 amide bonds. The second-order valence-electron chi connectivity index (χ2n) is 3.88. The molecular formula is C12H15BrN2O3. The summed E-state index contributed by atoms with van der Waals surface area (Å²) in [5.41, 5.74) is 6.63. The van der Waals surface area contributed by atoms with Gasteiger partial charge in [0.2, 0.25) is 0 Å². The maximum absolute atomic E-state index is 11.7. The molecule has 1 rings (SSSR count). The molecule has 0 aliphatic rings. The topological polar surface area (TPSA) is 92.4 Å². The average molecular weight is 315 g/mol. The fourth-order valence-electron chi connectivity index (χ4n) is 1.45. The zero-order valence-electron chi connectivity index (χ0n) is 9.78. The lowest BCUT2D eigenvalue weighted by Crippen LogP contribution is -2.24. The minimum atomic E-state index is -0.818. The van der Waals surface area contributed by atoms with Crippen molar-refractivity contribution in [2.75, 3.05) is 12.3 Å². The zero-order chi connectivity index (χ0) is 13.5. The predicted molar refractivity (Wildman–Crippen MR) is 72.4 cm³/mol. The van der Waals surface area contributed by atoms with Crippen LogP contribution >= 0.6 is 15.9 Å². The van der Waals surface area contributed by atoms with Crippen molar-refractivity contribution in [3.63, 3.8) is 0 Å². The monoisotopic (exact) mass is 314 g/mol. The lowest BCUT2D eigenvalue weighted by molar-refractivity contribution is -0.137. The minimum absolute atomic E-state index is 0.125. The van der Waals surface area contributed by atoms with E-state index in [1.165, 1.54) is 0 Å². The number of nitrogens with two attached hydrogens (primary N) is 1. The lowest BCUT2D eigenvalue weighted by Gasteiger charge is -2.06. The Bertz CT molecular complexity index is 429. The van der Waals surface area contributed by atoms with Crippen LogP contribution in [-0.4, -0.2) is 23.5 Å². The number of halogens is 1. The van der Waals surface area contributed by atoms with E-state index in [9.17, 15) is 9.59 Å². The molecule has 1 aromatic carbocycles. The Morgan fingerprint density at radius 1 is 1.28 bits per heavy atom. The van der Waals surface area contributed by atoms with E-state index in [1.54, 1.807) is 18.2 Å². The number of carbonyl (C=O) groups is 2. The molecule has 0 aliphatic carbocycles. The first-order chi connectivity index (χ1) is 8.49. The Morgan fingerprint density at radius 2 is 2.00 bits per heavy atom. The Hall–Kier alpha value is -1.56. The van der Waals surface area contributed by atoms with Crippen LogP contribution in [0.3, 0.4) is 0 Å². The van der Waals surface area contributed by atoms with Crippen molar-refractivity contribution in [1.82, 2.24) is 5.32 Å². The van der Waals surface area contributed by atoms with Crippen molar-refractivity contribution >= 4 is 33.5 Å². The van der Waals surface area contributed by atoms with E-state index < -0.39 is 5.97 Å². The summed E-state index contributed by atoms with van der Waals surface area (Å²) in [6.45, 7) is 0.457. The number of amides is 1. The maximum atomic E-state index is 11.7. The molecule has 0 saturated carbocycles. The quantitative estimate of drug-likeness (QED) is 0.553. The Kier molecular flexibility index (Phi) is 5.64. The molecule has 5 nitrogen and oxygen atoms in total. The van der Waals surface area contributed by atoms with Crippen LogP contribution in [0.25, 0.3) is 0 Å². The van der Waals surface area contributed by atoms with Crippen LogP contribution in [-0.2, 0) is 4.79 Å². The largest absolute Gasteiger partial charge is 0.481 e. The molecule has 4 N–H and O–H groups in total. The maximum Gasteiger partial charge on any atom is 0.303 e. The minimum Gasteiger partial charge on any atom is -0.481 e. The number of hydrogen-bond donors (Lipinski definition) is 3. The van der Waals surface area contributed by atoms with Crippen LogP contribution in [0.1, 0.15) is 29.6 Å². The number of carboxylic acids is 1. The van der Waals surface area contributed by atoms with Gasteiger partial charge in [0, 0.05) is 28.7 Å². The third kappa shape index (κ3) is 5.18. The van der Waals surface area contributed by atoms with Crippen molar-refractivity contribution in [3.05, 3.63) is 28.2 Å². The van der Waals surface area contributed by atoms with Gasteiger partial charge in [-0.05, 0) is 31.0 Å². The molecule has 0 heterocycles. The molecule has 0 aliphatic heterocycles. The number of unbranched alkanes of at least 4 members (excludes halogenated alkanes) is 1. The summed E-state index contributed by atoms with van der Waals surface area (Å²) in [5, 5.41) is 11.2. The van der Waals surface area contributed by atoms with Gasteiger partial charge in [-0.2, -0.15) is 0 Å². The summed E-state index contributed by atoms with van der Waals surface area (Å²) in [7, 11) is 0. The highest BCUT2D eigenvalue weighted by molar-refractivity contribution is 9.10. The number of nitrogen functional groups attached to an aromatic ring is 1. The van der Waals surface area contributed by atoms with E-state index in [-0.39, 0.29) is 12.3 Å². The van der Waals surface area contributed by atoms with Gasteiger partial charge < -0.3 is 16.2 Å². The van der Waals surface area contributed by atoms with Crippen molar-refractivity contribution in [3.8, 4) is 0 Å². The summed E-state index contributed by atoms with van der Waals surface area (Å²) in [6, 6.07) is 4.99. The lowest BCUT2D eigenvalue weighted by atomic mass is 10.2. The van der Waals surface area contributed by atoms with E-state index in [0.29, 0.717) is 30.6 Å². The molecule has 0 atom stereocenters. The number of aliphatic carboxylic acids is 1. The SMILES string of the molecule is Nc1cc(Br)cc(C(=O)NCCCCC(=O)O)c1. The van der Waals surface area contributed by atoms with Crippen LogP contribution in [0.4, 0.5) is 5.69 Å². The van der Waals surface area contributed by atoms with E-state index in [0.717, 1.165) is 4.47 Å². The number of anilines is 1. The first kappa shape index (κ1) is 14.5. The van der Waals surface area contributed by atoms with Crippen LogP contribution in [0, 0.1) is 0 Å². The molecule has 98 valence electrons. The van der Waals surface area contributed by atoms with Gasteiger partial charge in [0.15, 0.2) is 0 Å². The van der Waals surface area contributed by atoms with E-state index in [2.05, 4.69) is 21.2 Å². The standard InChI is InChI=1S/C12H15BrN2O3/c13-9-5-8(6-10(14)7-9)12(18)15-4-2-1-3-11(16)17/h5-7H,1-4,14H2,(H,15,18)(H,16,17). The second kappa shape index (κ2) is 7.00. The number of benzene rings is 1. The number of hydrogen-bond acceptors (Lipinski definition) is 3.